The van der Waals surface area contributed by atoms with Crippen LogP contribution in [0.2, 0.25) is 0 Å². The van der Waals surface area contributed by atoms with E-state index in [0.29, 0.717) is 5.56 Å². The van der Waals surface area contributed by atoms with Gasteiger partial charge in [0, 0.05) is 23.2 Å². The largest absolute Gasteiger partial charge is 0.298 e. The quantitative estimate of drug-likeness (QED) is 0.736. The van der Waals surface area contributed by atoms with Gasteiger partial charge in [-0.3, -0.25) is 9.79 Å². The van der Waals surface area contributed by atoms with E-state index in [1.165, 1.54) is 5.56 Å². The normalized spacial score (nSPS) is 13.7. The van der Waals surface area contributed by atoms with E-state index in [-0.39, 0.29) is 0 Å². The van der Waals surface area contributed by atoms with Crippen LogP contribution in [0, 0.1) is 0 Å². The molecule has 0 aliphatic carbocycles. The van der Waals surface area contributed by atoms with Crippen LogP contribution >= 0.6 is 0 Å². The summed E-state index contributed by atoms with van der Waals surface area (Å²) in [6.07, 6.45) is 1.84. The van der Waals surface area contributed by atoms with E-state index >= 15 is 0 Å². The van der Waals surface area contributed by atoms with Crippen LogP contribution in [0.3, 0.4) is 0 Å². The fourth-order valence-corrected chi connectivity index (χ4v) is 2.32. The van der Waals surface area contributed by atoms with Crippen LogP contribution in [-0.4, -0.2) is 18.5 Å². The number of benzene rings is 2. The smallest absolute Gasteiger partial charge is 0.150 e. The summed E-state index contributed by atoms with van der Waals surface area (Å²) < 4.78 is 0. The monoisotopic (exact) mass is 235 g/mol. The van der Waals surface area contributed by atoms with Gasteiger partial charge in [-0.1, -0.05) is 42.5 Å². The van der Waals surface area contributed by atoms with Crippen molar-refractivity contribution >= 4 is 12.0 Å². The van der Waals surface area contributed by atoms with E-state index in [4.69, 9.17) is 0 Å². The fourth-order valence-electron chi connectivity index (χ4n) is 2.32. The highest BCUT2D eigenvalue weighted by Crippen LogP contribution is 2.21. The van der Waals surface area contributed by atoms with Gasteiger partial charge in [-0.05, 0) is 18.1 Å². The molecule has 0 fully saturated rings. The number of carbonyl (C=O) groups excluding carboxylic acids is 1. The van der Waals surface area contributed by atoms with E-state index in [1.54, 1.807) is 0 Å². The van der Waals surface area contributed by atoms with Gasteiger partial charge in [-0.2, -0.15) is 0 Å². The minimum atomic E-state index is 0.708. The van der Waals surface area contributed by atoms with Crippen molar-refractivity contribution in [3.8, 4) is 0 Å². The van der Waals surface area contributed by atoms with Crippen molar-refractivity contribution in [3.05, 3.63) is 70.8 Å². The number of nitrogens with zero attached hydrogens (tertiary/aromatic N) is 1. The lowest BCUT2D eigenvalue weighted by Crippen LogP contribution is -2.14. The Morgan fingerprint density at radius 2 is 1.89 bits per heavy atom. The second-order valence-electron chi connectivity index (χ2n) is 4.38. The van der Waals surface area contributed by atoms with Crippen molar-refractivity contribution in [3.63, 3.8) is 0 Å². The summed E-state index contributed by atoms with van der Waals surface area (Å²) in [5, 5.41) is 0. The number of hydrogen-bond donors (Lipinski definition) is 0. The lowest BCUT2D eigenvalue weighted by atomic mass is 9.92. The third kappa shape index (κ3) is 1.86. The molecule has 0 saturated carbocycles. The first kappa shape index (κ1) is 10.9. The van der Waals surface area contributed by atoms with Crippen LogP contribution in [0.15, 0.2) is 53.5 Å². The maximum absolute atomic E-state index is 10.9. The van der Waals surface area contributed by atoms with Crippen LogP contribution in [0.1, 0.15) is 27.0 Å². The van der Waals surface area contributed by atoms with Gasteiger partial charge in [0.2, 0.25) is 0 Å². The summed E-state index contributed by atoms with van der Waals surface area (Å²) in [4.78, 5) is 15.5. The van der Waals surface area contributed by atoms with Crippen molar-refractivity contribution in [1.82, 2.24) is 0 Å². The number of fused-ring (bicyclic) bond motifs is 1. The Morgan fingerprint density at radius 1 is 1.06 bits per heavy atom. The van der Waals surface area contributed by atoms with Crippen LogP contribution in [-0.2, 0) is 6.42 Å². The molecular formula is C16H13NO. The van der Waals surface area contributed by atoms with Crippen molar-refractivity contribution in [1.29, 1.82) is 0 Å². The Bertz CT molecular complexity index is 614. The highest BCUT2D eigenvalue weighted by Gasteiger charge is 2.15. The molecule has 0 unspecified atom stereocenters. The van der Waals surface area contributed by atoms with Gasteiger partial charge >= 0.3 is 0 Å². The molecular weight excluding hydrogens is 222 g/mol. The molecule has 0 amide bonds. The average Bonchev–Trinajstić information content (AvgIpc) is 2.47. The summed E-state index contributed by atoms with van der Waals surface area (Å²) in [7, 11) is 0. The van der Waals surface area contributed by atoms with E-state index in [9.17, 15) is 4.79 Å². The molecule has 0 N–H and O–H groups in total. The van der Waals surface area contributed by atoms with E-state index in [1.807, 2.05) is 36.4 Å². The second-order valence-corrected chi connectivity index (χ2v) is 4.38. The maximum Gasteiger partial charge on any atom is 0.150 e. The van der Waals surface area contributed by atoms with E-state index < -0.39 is 0 Å². The molecule has 0 saturated heterocycles. The molecule has 2 aromatic carbocycles. The number of rotatable bonds is 2. The SMILES string of the molecule is O=Cc1ccc2c(c1)C(c1ccccc1)=NCC2. The minimum absolute atomic E-state index is 0.708. The Hall–Kier alpha value is -2.22. The summed E-state index contributed by atoms with van der Waals surface area (Å²) in [6, 6.07) is 16.0. The second kappa shape index (κ2) is 4.57. The van der Waals surface area contributed by atoms with Gasteiger partial charge in [0.15, 0.2) is 0 Å². The third-order valence-corrected chi connectivity index (χ3v) is 3.22. The number of aliphatic imine (C=N–C) groups is 1. The number of aldehydes is 1. The first-order valence-corrected chi connectivity index (χ1v) is 6.07. The molecule has 18 heavy (non-hydrogen) atoms. The zero-order valence-corrected chi connectivity index (χ0v) is 9.97. The van der Waals surface area contributed by atoms with Gasteiger partial charge < -0.3 is 0 Å². The maximum atomic E-state index is 10.9. The molecule has 0 radical (unpaired) electrons. The third-order valence-electron chi connectivity index (χ3n) is 3.22. The van der Waals surface area contributed by atoms with Gasteiger partial charge in [0.1, 0.15) is 6.29 Å². The summed E-state index contributed by atoms with van der Waals surface area (Å²) in [5.74, 6) is 0. The fraction of sp³-hybridized carbons (Fsp3) is 0.125. The Kier molecular flexibility index (Phi) is 2.77. The lowest BCUT2D eigenvalue weighted by Gasteiger charge is -2.17. The Labute approximate surface area is 106 Å². The van der Waals surface area contributed by atoms with E-state index in [0.717, 1.165) is 36.1 Å². The summed E-state index contributed by atoms with van der Waals surface area (Å²) in [6.45, 7) is 0.817. The molecule has 88 valence electrons. The first-order valence-electron chi connectivity index (χ1n) is 6.07. The zero-order valence-electron chi connectivity index (χ0n) is 9.97. The average molecular weight is 235 g/mol. The molecule has 2 aromatic rings. The molecule has 2 heteroatoms. The molecule has 3 rings (SSSR count). The van der Waals surface area contributed by atoms with Gasteiger partial charge in [0.25, 0.3) is 0 Å². The first-order chi connectivity index (χ1) is 8.88. The zero-order chi connectivity index (χ0) is 12.4. The van der Waals surface area contributed by atoms with Crippen molar-refractivity contribution < 1.29 is 4.79 Å². The number of carbonyl (C=O) groups is 1. The Morgan fingerprint density at radius 3 is 2.67 bits per heavy atom. The van der Waals surface area contributed by atoms with Crippen LogP contribution in [0.4, 0.5) is 0 Å². The van der Waals surface area contributed by atoms with Crippen molar-refractivity contribution in [2.24, 2.45) is 4.99 Å². The lowest BCUT2D eigenvalue weighted by molar-refractivity contribution is 0.112. The molecule has 0 aromatic heterocycles. The molecule has 1 aliphatic rings. The van der Waals surface area contributed by atoms with Gasteiger partial charge in [-0.15, -0.1) is 0 Å². The molecule has 0 bridgehead atoms. The molecule has 0 atom stereocenters. The number of hydrogen-bond acceptors (Lipinski definition) is 2. The van der Waals surface area contributed by atoms with Crippen LogP contribution in [0.5, 0.6) is 0 Å². The van der Waals surface area contributed by atoms with Crippen LogP contribution < -0.4 is 0 Å². The Balaban J connectivity index is 2.14. The van der Waals surface area contributed by atoms with Gasteiger partial charge in [-0.25, -0.2) is 0 Å². The van der Waals surface area contributed by atoms with Gasteiger partial charge in [0.05, 0.1) is 5.71 Å². The van der Waals surface area contributed by atoms with Crippen molar-refractivity contribution in [2.75, 3.05) is 6.54 Å². The summed E-state index contributed by atoms with van der Waals surface area (Å²) >= 11 is 0. The molecule has 1 heterocycles. The highest BCUT2D eigenvalue weighted by atomic mass is 16.1. The van der Waals surface area contributed by atoms with Crippen molar-refractivity contribution in [2.45, 2.75) is 6.42 Å². The minimum Gasteiger partial charge on any atom is -0.298 e. The highest BCUT2D eigenvalue weighted by molar-refractivity contribution is 6.14. The predicted molar refractivity (Wildman–Crippen MR) is 72.5 cm³/mol. The topological polar surface area (TPSA) is 29.4 Å². The standard InChI is InChI=1S/C16H13NO/c18-11-12-6-7-13-8-9-17-16(15(13)10-12)14-4-2-1-3-5-14/h1-7,10-11H,8-9H2. The van der Waals surface area contributed by atoms with Crippen LogP contribution in [0.25, 0.3) is 0 Å². The van der Waals surface area contributed by atoms with E-state index in [2.05, 4.69) is 17.1 Å². The molecule has 1 aliphatic heterocycles. The molecule has 0 spiro atoms. The predicted octanol–water partition coefficient (Wildman–Crippen LogP) is 2.89. The molecule has 2 nitrogen and oxygen atoms in total. The summed E-state index contributed by atoms with van der Waals surface area (Å²) in [5.41, 5.74) is 5.19.